The number of benzene rings is 1. The highest BCUT2D eigenvalue weighted by Crippen LogP contribution is 2.23. The van der Waals surface area contributed by atoms with Crippen LogP contribution in [0.25, 0.3) is 11.2 Å². The number of hydrogen-bond acceptors (Lipinski definition) is 4. The number of nitrogens with one attached hydrogen (secondary N) is 1. The van der Waals surface area contributed by atoms with E-state index in [1.54, 1.807) is 12.3 Å². The fourth-order valence-electron chi connectivity index (χ4n) is 2.37. The van der Waals surface area contributed by atoms with Gasteiger partial charge in [-0.2, -0.15) is 0 Å². The van der Waals surface area contributed by atoms with E-state index in [1.165, 1.54) is 18.2 Å². The Morgan fingerprint density at radius 3 is 2.88 bits per heavy atom. The summed E-state index contributed by atoms with van der Waals surface area (Å²) >= 11 is 5.79. The van der Waals surface area contributed by atoms with E-state index in [1.807, 2.05) is 14.1 Å². The minimum atomic E-state index is -0.496. The average molecular weight is 361 g/mol. The first kappa shape index (κ1) is 17.3. The van der Waals surface area contributed by atoms with Crippen molar-refractivity contribution in [2.75, 3.05) is 20.6 Å². The second kappa shape index (κ2) is 7.16. The predicted octanol–water partition coefficient (Wildman–Crippen LogP) is 2.89. The number of pyridine rings is 1. The Bertz CT molecular complexity index is 934. The first-order valence-corrected chi connectivity index (χ1v) is 8.10. The number of aliphatic imine (C=N–C) groups is 1. The number of hydrogen-bond donors (Lipinski definition) is 2. The molecular formula is C17H18ClFN6. The van der Waals surface area contributed by atoms with Crippen LogP contribution in [0.2, 0.25) is 5.02 Å². The highest BCUT2D eigenvalue weighted by atomic mass is 35.5. The Labute approximate surface area is 149 Å². The summed E-state index contributed by atoms with van der Waals surface area (Å²) in [5.41, 5.74) is 8.62. The Balaban J connectivity index is 1.96. The Kier molecular flexibility index (Phi) is 4.96. The highest BCUT2D eigenvalue weighted by molar-refractivity contribution is 6.31. The minimum absolute atomic E-state index is 0.00133. The van der Waals surface area contributed by atoms with Crippen LogP contribution in [-0.2, 0) is 6.42 Å². The lowest BCUT2D eigenvalue weighted by Crippen LogP contribution is -2.15. The summed E-state index contributed by atoms with van der Waals surface area (Å²) in [5, 5.41) is 0.00133. The van der Waals surface area contributed by atoms with E-state index in [-0.39, 0.29) is 10.9 Å². The molecule has 2 aromatic heterocycles. The number of rotatable bonds is 5. The van der Waals surface area contributed by atoms with Gasteiger partial charge in [-0.05, 0) is 38.4 Å². The molecule has 8 heteroatoms. The lowest BCUT2D eigenvalue weighted by molar-refractivity contribution is 0.410. The van der Waals surface area contributed by atoms with Crippen molar-refractivity contribution in [2.45, 2.75) is 6.42 Å². The first-order chi connectivity index (χ1) is 11.9. The van der Waals surface area contributed by atoms with Gasteiger partial charge in [-0.25, -0.2) is 19.4 Å². The van der Waals surface area contributed by atoms with Crippen molar-refractivity contribution < 1.29 is 4.39 Å². The number of nitrogens with zero attached hydrogens (tertiary/aromatic N) is 4. The van der Waals surface area contributed by atoms with Crippen LogP contribution in [0.1, 0.15) is 11.4 Å². The molecule has 0 unspecified atom stereocenters. The van der Waals surface area contributed by atoms with Crippen LogP contribution < -0.4 is 5.73 Å². The van der Waals surface area contributed by atoms with Gasteiger partial charge in [-0.15, -0.1) is 0 Å². The minimum Gasteiger partial charge on any atom is -0.383 e. The zero-order valence-electron chi connectivity index (χ0n) is 13.9. The molecule has 0 bridgehead atoms. The molecular weight excluding hydrogens is 343 g/mol. The fourth-order valence-corrected chi connectivity index (χ4v) is 2.55. The molecule has 3 N–H and O–H groups in total. The molecule has 0 aliphatic carbocycles. The van der Waals surface area contributed by atoms with Gasteiger partial charge in [-0.1, -0.05) is 11.6 Å². The van der Waals surface area contributed by atoms with Crippen LogP contribution in [-0.4, -0.2) is 46.3 Å². The molecule has 3 aromatic rings. The van der Waals surface area contributed by atoms with Gasteiger partial charge in [0.15, 0.2) is 5.65 Å². The topological polar surface area (TPSA) is 83.2 Å². The summed E-state index contributed by atoms with van der Waals surface area (Å²) in [6.07, 6.45) is 2.40. The monoisotopic (exact) mass is 360 g/mol. The summed E-state index contributed by atoms with van der Waals surface area (Å²) in [5.74, 6) is 0.615. The summed E-state index contributed by atoms with van der Waals surface area (Å²) in [6, 6.07) is 5.96. The zero-order chi connectivity index (χ0) is 18.0. The van der Waals surface area contributed by atoms with E-state index < -0.39 is 5.82 Å². The quantitative estimate of drug-likeness (QED) is 0.541. The Morgan fingerprint density at radius 1 is 1.36 bits per heavy atom. The number of halogens is 2. The van der Waals surface area contributed by atoms with Crippen molar-refractivity contribution in [1.82, 2.24) is 19.9 Å². The van der Waals surface area contributed by atoms with E-state index in [4.69, 9.17) is 17.3 Å². The molecule has 0 spiro atoms. The van der Waals surface area contributed by atoms with Crippen LogP contribution in [0.5, 0.6) is 0 Å². The molecule has 0 saturated heterocycles. The smallest absolute Gasteiger partial charge is 0.178 e. The van der Waals surface area contributed by atoms with Crippen LogP contribution in [0.4, 0.5) is 10.1 Å². The van der Waals surface area contributed by atoms with Crippen molar-refractivity contribution in [3.63, 3.8) is 0 Å². The summed E-state index contributed by atoms with van der Waals surface area (Å²) < 4.78 is 13.3. The van der Waals surface area contributed by atoms with Crippen molar-refractivity contribution in [1.29, 1.82) is 0 Å². The summed E-state index contributed by atoms with van der Waals surface area (Å²) in [7, 11) is 4.01. The Hall–Kier alpha value is -2.51. The number of aromatic amines is 1. The second-order valence-electron chi connectivity index (χ2n) is 5.89. The predicted molar refractivity (Wildman–Crippen MR) is 97.9 cm³/mol. The number of fused-ring (bicyclic) bond motifs is 1. The van der Waals surface area contributed by atoms with Crippen LogP contribution in [0.3, 0.4) is 0 Å². The van der Waals surface area contributed by atoms with Crippen molar-refractivity contribution in [3.05, 3.63) is 52.7 Å². The highest BCUT2D eigenvalue weighted by Gasteiger charge is 2.11. The molecule has 2 heterocycles. The van der Waals surface area contributed by atoms with E-state index >= 15 is 0 Å². The van der Waals surface area contributed by atoms with Crippen molar-refractivity contribution in [3.8, 4) is 0 Å². The van der Waals surface area contributed by atoms with E-state index in [9.17, 15) is 4.39 Å². The van der Waals surface area contributed by atoms with Crippen LogP contribution in [0, 0.1) is 5.82 Å². The maximum Gasteiger partial charge on any atom is 0.178 e. The normalized spacial score (nSPS) is 12.3. The molecule has 3 rings (SSSR count). The van der Waals surface area contributed by atoms with Gasteiger partial charge in [0.1, 0.15) is 17.5 Å². The number of H-pyrrole nitrogens is 1. The van der Waals surface area contributed by atoms with E-state index in [0.717, 1.165) is 24.3 Å². The van der Waals surface area contributed by atoms with E-state index in [2.05, 4.69) is 24.8 Å². The second-order valence-corrected chi connectivity index (χ2v) is 6.30. The van der Waals surface area contributed by atoms with Crippen molar-refractivity contribution in [2.24, 2.45) is 10.7 Å². The Morgan fingerprint density at radius 2 is 2.16 bits per heavy atom. The van der Waals surface area contributed by atoms with Crippen molar-refractivity contribution >= 4 is 34.3 Å². The molecule has 130 valence electrons. The molecule has 1 aromatic carbocycles. The SMILES string of the molecule is CN(C)CCc1nc2nccc(C(N)=Nc3ccc(F)c(Cl)c3)c2[nH]1. The van der Waals surface area contributed by atoms with Gasteiger partial charge in [0.25, 0.3) is 0 Å². The number of aromatic nitrogens is 3. The standard InChI is InChI=1S/C17H18ClFN6/c1-25(2)8-6-14-23-15-11(5-7-21-17(15)24-14)16(20)22-10-3-4-13(19)12(18)9-10/h3-5,7,9H,6,8H2,1-2H3,(H2,20,22)(H,21,23,24). The zero-order valence-corrected chi connectivity index (χ0v) is 14.7. The molecule has 0 atom stereocenters. The van der Waals surface area contributed by atoms with Gasteiger partial charge in [0.05, 0.1) is 16.2 Å². The fraction of sp³-hybridized carbons (Fsp3) is 0.235. The van der Waals surface area contributed by atoms with Gasteiger partial charge >= 0.3 is 0 Å². The molecule has 0 radical (unpaired) electrons. The van der Waals surface area contributed by atoms with Crippen LogP contribution >= 0.6 is 11.6 Å². The molecule has 6 nitrogen and oxygen atoms in total. The third kappa shape index (κ3) is 3.94. The number of nitrogens with two attached hydrogens (primary N) is 1. The number of amidine groups is 1. The van der Waals surface area contributed by atoms with Gasteiger partial charge in [-0.3, -0.25) is 0 Å². The van der Waals surface area contributed by atoms with Gasteiger partial charge in [0.2, 0.25) is 0 Å². The van der Waals surface area contributed by atoms with Gasteiger partial charge < -0.3 is 15.6 Å². The molecule has 0 saturated carbocycles. The lowest BCUT2D eigenvalue weighted by atomic mass is 10.2. The third-order valence-electron chi connectivity index (χ3n) is 3.67. The van der Waals surface area contributed by atoms with E-state index in [0.29, 0.717) is 16.9 Å². The largest absolute Gasteiger partial charge is 0.383 e. The van der Waals surface area contributed by atoms with Crippen LogP contribution in [0.15, 0.2) is 35.5 Å². The lowest BCUT2D eigenvalue weighted by Gasteiger charge is -2.06. The maximum absolute atomic E-state index is 13.3. The molecule has 0 aliphatic heterocycles. The third-order valence-corrected chi connectivity index (χ3v) is 3.96. The summed E-state index contributed by atoms with van der Waals surface area (Å²) in [6.45, 7) is 0.868. The first-order valence-electron chi connectivity index (χ1n) is 7.72. The summed E-state index contributed by atoms with van der Waals surface area (Å²) in [4.78, 5) is 18.4. The average Bonchev–Trinajstić information content (AvgIpc) is 2.99. The maximum atomic E-state index is 13.3. The molecule has 0 aliphatic rings. The number of imidazole rings is 1. The van der Waals surface area contributed by atoms with Gasteiger partial charge in [0, 0.05) is 24.7 Å². The number of likely N-dealkylation sites (N-methyl/N-ethyl adjacent to an activating group) is 1. The molecule has 0 amide bonds. The molecule has 0 fully saturated rings. The molecule has 25 heavy (non-hydrogen) atoms.